The predicted molar refractivity (Wildman–Crippen MR) is 265 cm³/mol. The van der Waals surface area contributed by atoms with Crippen LogP contribution in [0.3, 0.4) is 0 Å². The number of benzene rings is 8. The quantitative estimate of drug-likeness (QED) is 0.173. The SMILES string of the molecule is C[C@@]12Cc3c(c4ccccc4n3-c3nc(-c4ccccc4)nc(-n4c5ccccc5c5ccc6c7ccccc7n(-c7ccccc7)c6c54)n3)C=C1N(c1ccccc1)c1ccccc12. The molecule has 0 bridgehead atoms. The Balaban J connectivity index is 1.09. The van der Waals surface area contributed by atoms with E-state index in [1.807, 2.05) is 6.07 Å². The number of aromatic nitrogens is 6. The Labute approximate surface area is 374 Å². The van der Waals surface area contributed by atoms with E-state index in [9.17, 15) is 0 Å². The van der Waals surface area contributed by atoms with Crippen molar-refractivity contribution in [3.8, 4) is 29.0 Å². The molecule has 0 saturated heterocycles. The summed E-state index contributed by atoms with van der Waals surface area (Å²) in [6.45, 7) is 2.40. The standard InChI is InChI=1S/C58H39N7/c1-58-36-51-45(35-52(58)62(38-21-7-3-8-22-38)50-32-18-14-28-46(50)58)42-27-13-16-30-48(42)64(51)56-59-55(37-19-5-2-6-20-37)60-57(61-56)65-49-31-17-12-26-41(49)44-34-33-43-40-25-11-15-29-47(40)63(53(43)54(44)65)39-23-9-4-10-24-39/h2-35H,36H2,1H3/t58-/m0/s1. The first-order valence-electron chi connectivity index (χ1n) is 22.3. The number of hydrogen-bond donors (Lipinski definition) is 0. The van der Waals surface area contributed by atoms with Crippen LogP contribution in [0.15, 0.2) is 206 Å². The van der Waals surface area contributed by atoms with Gasteiger partial charge in [-0.15, -0.1) is 0 Å². The van der Waals surface area contributed by atoms with Crippen LogP contribution >= 0.6 is 0 Å². The van der Waals surface area contributed by atoms with Crippen molar-refractivity contribution in [1.82, 2.24) is 28.7 Å². The van der Waals surface area contributed by atoms with Gasteiger partial charge in [-0.25, -0.2) is 0 Å². The Bertz CT molecular complexity index is 3930. The van der Waals surface area contributed by atoms with Gasteiger partial charge in [-0.3, -0.25) is 9.13 Å². The van der Waals surface area contributed by atoms with Crippen LogP contribution in [-0.4, -0.2) is 28.7 Å². The molecule has 5 heterocycles. The van der Waals surface area contributed by atoms with Crippen LogP contribution in [0.25, 0.3) is 89.6 Å². The Morgan fingerprint density at radius 3 is 1.62 bits per heavy atom. The smallest absolute Gasteiger partial charge is 0.240 e. The molecule has 1 atom stereocenters. The normalized spacial score (nSPS) is 15.5. The molecular formula is C58H39N7. The molecule has 14 rings (SSSR count). The molecule has 0 saturated carbocycles. The van der Waals surface area contributed by atoms with Crippen molar-refractivity contribution in [2.45, 2.75) is 18.8 Å². The van der Waals surface area contributed by atoms with Crippen molar-refractivity contribution in [2.24, 2.45) is 0 Å². The third-order valence-electron chi connectivity index (χ3n) is 13.9. The maximum absolute atomic E-state index is 5.64. The van der Waals surface area contributed by atoms with E-state index in [1.54, 1.807) is 0 Å². The van der Waals surface area contributed by atoms with Gasteiger partial charge < -0.3 is 9.47 Å². The van der Waals surface area contributed by atoms with E-state index >= 15 is 0 Å². The zero-order valence-electron chi connectivity index (χ0n) is 35.5. The maximum atomic E-state index is 5.64. The summed E-state index contributed by atoms with van der Waals surface area (Å²) in [4.78, 5) is 19.0. The first-order chi connectivity index (χ1) is 32.1. The van der Waals surface area contributed by atoms with Gasteiger partial charge >= 0.3 is 0 Å². The first-order valence-corrected chi connectivity index (χ1v) is 22.3. The van der Waals surface area contributed by atoms with Gasteiger partial charge in [0, 0.05) is 78.3 Å². The zero-order chi connectivity index (χ0) is 42.8. The predicted octanol–water partition coefficient (Wildman–Crippen LogP) is 13.7. The fourth-order valence-corrected chi connectivity index (χ4v) is 11.1. The summed E-state index contributed by atoms with van der Waals surface area (Å²) in [7, 11) is 0. The summed E-state index contributed by atoms with van der Waals surface area (Å²) in [6, 6.07) is 71.3. The molecule has 0 amide bonds. The fraction of sp³-hybridized carbons (Fsp3) is 0.0517. The maximum Gasteiger partial charge on any atom is 0.240 e. The molecule has 7 heteroatoms. The lowest BCUT2D eigenvalue weighted by molar-refractivity contribution is 0.551. The molecule has 0 fully saturated rings. The molecular weight excluding hydrogens is 795 g/mol. The molecule has 4 aromatic heterocycles. The lowest BCUT2D eigenvalue weighted by atomic mass is 9.74. The summed E-state index contributed by atoms with van der Waals surface area (Å²) in [5, 5.41) is 5.79. The van der Waals surface area contributed by atoms with Crippen LogP contribution in [-0.2, 0) is 11.8 Å². The highest BCUT2D eigenvalue weighted by molar-refractivity contribution is 6.23. The molecule has 0 N–H and O–H groups in total. The molecule has 0 radical (unpaired) electrons. The molecule has 12 aromatic rings. The summed E-state index contributed by atoms with van der Waals surface area (Å²) < 4.78 is 7.01. The highest BCUT2D eigenvalue weighted by Crippen LogP contribution is 2.56. The van der Waals surface area contributed by atoms with Crippen molar-refractivity contribution in [2.75, 3.05) is 4.90 Å². The summed E-state index contributed by atoms with van der Waals surface area (Å²) >= 11 is 0. The molecule has 65 heavy (non-hydrogen) atoms. The van der Waals surface area contributed by atoms with Crippen LogP contribution in [0.4, 0.5) is 11.4 Å². The fourth-order valence-electron chi connectivity index (χ4n) is 11.1. The van der Waals surface area contributed by atoms with Gasteiger partial charge in [0.15, 0.2) is 5.82 Å². The minimum atomic E-state index is -0.326. The second kappa shape index (κ2) is 13.5. The Morgan fingerprint density at radius 2 is 0.938 bits per heavy atom. The Hall–Kier alpha value is -8.55. The highest BCUT2D eigenvalue weighted by Gasteiger charge is 2.48. The molecule has 306 valence electrons. The average molecular weight is 834 g/mol. The minimum absolute atomic E-state index is 0.326. The number of rotatable bonds is 5. The topological polar surface area (TPSA) is 56.7 Å². The number of hydrogen-bond acceptors (Lipinski definition) is 4. The second-order valence-corrected chi connectivity index (χ2v) is 17.5. The van der Waals surface area contributed by atoms with Crippen molar-refractivity contribution >= 4 is 72.0 Å². The third-order valence-corrected chi connectivity index (χ3v) is 13.9. The van der Waals surface area contributed by atoms with Gasteiger partial charge in [-0.2, -0.15) is 15.0 Å². The Morgan fingerprint density at radius 1 is 0.431 bits per heavy atom. The van der Waals surface area contributed by atoms with Crippen LogP contribution < -0.4 is 4.90 Å². The van der Waals surface area contributed by atoms with Gasteiger partial charge in [0.2, 0.25) is 11.9 Å². The number of anilines is 2. The summed E-state index contributed by atoms with van der Waals surface area (Å²) in [5.41, 5.74) is 14.4. The van der Waals surface area contributed by atoms with Gasteiger partial charge in [0.25, 0.3) is 0 Å². The largest absolute Gasteiger partial charge is 0.313 e. The molecule has 1 aliphatic carbocycles. The van der Waals surface area contributed by atoms with E-state index in [2.05, 4.69) is 226 Å². The van der Waals surface area contributed by atoms with E-state index in [4.69, 9.17) is 15.0 Å². The molecule has 7 nitrogen and oxygen atoms in total. The lowest BCUT2D eigenvalue weighted by Crippen LogP contribution is -2.32. The molecule has 2 aliphatic rings. The molecule has 1 aliphatic heterocycles. The highest BCUT2D eigenvalue weighted by atomic mass is 15.3. The number of allylic oxidation sites excluding steroid dienone is 1. The monoisotopic (exact) mass is 833 g/mol. The van der Waals surface area contributed by atoms with Gasteiger partial charge in [0.05, 0.1) is 27.6 Å². The van der Waals surface area contributed by atoms with Crippen LogP contribution in [0.1, 0.15) is 23.7 Å². The van der Waals surface area contributed by atoms with Gasteiger partial charge in [-0.1, -0.05) is 152 Å². The van der Waals surface area contributed by atoms with Crippen molar-refractivity contribution < 1.29 is 0 Å². The molecule has 0 spiro atoms. The minimum Gasteiger partial charge on any atom is -0.313 e. The van der Waals surface area contributed by atoms with Crippen LogP contribution in [0.5, 0.6) is 0 Å². The van der Waals surface area contributed by atoms with E-state index in [1.165, 1.54) is 39.0 Å². The van der Waals surface area contributed by atoms with Gasteiger partial charge in [-0.05, 0) is 67.1 Å². The second-order valence-electron chi connectivity index (χ2n) is 17.5. The van der Waals surface area contributed by atoms with E-state index in [0.29, 0.717) is 17.7 Å². The van der Waals surface area contributed by atoms with E-state index in [0.717, 1.165) is 67.1 Å². The molecule has 8 aromatic carbocycles. The Kier molecular flexibility index (Phi) is 7.46. The number of para-hydroxylation sites is 6. The first kappa shape index (κ1) is 36.0. The van der Waals surface area contributed by atoms with Gasteiger partial charge in [0.1, 0.15) is 0 Å². The van der Waals surface area contributed by atoms with Crippen LogP contribution in [0.2, 0.25) is 0 Å². The summed E-state index contributed by atoms with van der Waals surface area (Å²) in [5.74, 6) is 1.75. The average Bonchev–Trinajstić information content (AvgIpc) is 4.07. The molecule has 0 unspecified atom stereocenters. The third kappa shape index (κ3) is 5.03. The number of fused-ring (bicyclic) bond motifs is 13. The van der Waals surface area contributed by atoms with Crippen molar-refractivity contribution in [1.29, 1.82) is 0 Å². The zero-order valence-corrected chi connectivity index (χ0v) is 35.5. The van der Waals surface area contributed by atoms with Crippen molar-refractivity contribution in [3.63, 3.8) is 0 Å². The van der Waals surface area contributed by atoms with Crippen molar-refractivity contribution in [3.05, 3.63) is 223 Å². The number of nitrogens with zero attached hydrogens (tertiary/aromatic N) is 7. The lowest BCUT2D eigenvalue weighted by Gasteiger charge is -2.34. The van der Waals surface area contributed by atoms with Crippen LogP contribution in [0, 0.1) is 0 Å². The summed E-state index contributed by atoms with van der Waals surface area (Å²) in [6.07, 6.45) is 3.18. The van der Waals surface area contributed by atoms with E-state index in [-0.39, 0.29) is 5.41 Å². The van der Waals surface area contributed by atoms with E-state index < -0.39 is 0 Å².